The van der Waals surface area contributed by atoms with Crippen LogP contribution in [0.2, 0.25) is 0 Å². The van der Waals surface area contributed by atoms with Gasteiger partial charge in [0.25, 0.3) is 0 Å². The quantitative estimate of drug-likeness (QED) is 0.846. The van der Waals surface area contributed by atoms with Crippen LogP contribution in [0.25, 0.3) is 0 Å². The fourth-order valence-corrected chi connectivity index (χ4v) is 3.44. The van der Waals surface area contributed by atoms with Crippen molar-refractivity contribution in [3.05, 3.63) is 29.6 Å². The van der Waals surface area contributed by atoms with Crippen LogP contribution in [0.3, 0.4) is 0 Å². The lowest BCUT2D eigenvalue weighted by Crippen LogP contribution is -2.32. The maximum absolute atomic E-state index is 13.5. The molecule has 4 heteroatoms. The van der Waals surface area contributed by atoms with Gasteiger partial charge in [0.15, 0.2) is 0 Å². The molecule has 1 unspecified atom stereocenters. The molecule has 1 saturated heterocycles. The van der Waals surface area contributed by atoms with E-state index in [1.807, 2.05) is 0 Å². The van der Waals surface area contributed by atoms with Gasteiger partial charge in [-0.15, -0.1) is 0 Å². The molecular formula is C17H20FNO2. The fraction of sp³-hybridized carbons (Fsp3) is 0.588. The summed E-state index contributed by atoms with van der Waals surface area (Å²) in [6, 6.07) is 6.15. The Hall–Kier alpha value is -1.60. The van der Waals surface area contributed by atoms with E-state index in [2.05, 4.69) is 0 Å². The minimum atomic E-state index is -0.536. The molecule has 112 valence electrons. The van der Waals surface area contributed by atoms with Gasteiger partial charge in [0.05, 0.1) is 17.3 Å². The lowest BCUT2D eigenvalue weighted by atomic mass is 9.83. The molecule has 1 saturated carbocycles. The zero-order valence-corrected chi connectivity index (χ0v) is 12.1. The normalized spacial score (nSPS) is 23.9. The van der Waals surface area contributed by atoms with E-state index in [1.54, 1.807) is 12.1 Å². The highest BCUT2D eigenvalue weighted by atomic mass is 19.1. The molecule has 0 aromatic heterocycles. The number of benzene rings is 1. The molecule has 0 amide bonds. The van der Waals surface area contributed by atoms with E-state index in [1.165, 1.54) is 31.4 Å². The Morgan fingerprint density at radius 3 is 2.81 bits per heavy atom. The summed E-state index contributed by atoms with van der Waals surface area (Å²) in [5, 5.41) is 8.70. The highest BCUT2D eigenvalue weighted by Gasteiger charge is 2.40. The van der Waals surface area contributed by atoms with Gasteiger partial charge in [0, 0.05) is 6.07 Å². The smallest absolute Gasteiger partial charge is 0.144 e. The van der Waals surface area contributed by atoms with E-state index in [0.29, 0.717) is 12.4 Å². The van der Waals surface area contributed by atoms with Crippen LogP contribution in [0.1, 0.15) is 50.5 Å². The standard InChI is InChI=1S/C17H20FNO2/c18-16-10-14(5-4-13(16)11-19)20-12-15-6-9-17(21-15)7-2-1-3-8-17/h4-5,10,15H,1-3,6-9,12H2. The average molecular weight is 289 g/mol. The molecule has 0 radical (unpaired) electrons. The molecule has 0 N–H and O–H groups in total. The summed E-state index contributed by atoms with van der Waals surface area (Å²) in [7, 11) is 0. The van der Waals surface area contributed by atoms with Crippen LogP contribution in [0.5, 0.6) is 5.75 Å². The van der Waals surface area contributed by atoms with E-state index < -0.39 is 5.82 Å². The maximum Gasteiger partial charge on any atom is 0.144 e. The van der Waals surface area contributed by atoms with Crippen molar-refractivity contribution in [2.75, 3.05) is 6.61 Å². The van der Waals surface area contributed by atoms with E-state index in [0.717, 1.165) is 25.7 Å². The van der Waals surface area contributed by atoms with Gasteiger partial charge in [-0.1, -0.05) is 19.3 Å². The van der Waals surface area contributed by atoms with Crippen molar-refractivity contribution in [2.24, 2.45) is 0 Å². The summed E-state index contributed by atoms with van der Waals surface area (Å²) in [6.07, 6.45) is 8.38. The number of hydrogen-bond donors (Lipinski definition) is 0. The third-order valence-corrected chi connectivity index (χ3v) is 4.60. The number of hydrogen-bond acceptors (Lipinski definition) is 3. The average Bonchev–Trinajstić information content (AvgIpc) is 2.89. The van der Waals surface area contributed by atoms with Crippen LogP contribution < -0.4 is 4.74 Å². The van der Waals surface area contributed by atoms with Gasteiger partial charge in [0.1, 0.15) is 24.2 Å². The van der Waals surface area contributed by atoms with Crippen molar-refractivity contribution in [3.63, 3.8) is 0 Å². The topological polar surface area (TPSA) is 42.2 Å². The second-order valence-corrected chi connectivity index (χ2v) is 6.09. The Morgan fingerprint density at radius 1 is 1.29 bits per heavy atom. The van der Waals surface area contributed by atoms with Gasteiger partial charge in [-0.05, 0) is 37.8 Å². The molecule has 1 aliphatic carbocycles. The Kier molecular flexibility index (Phi) is 4.12. The first kappa shape index (κ1) is 14.3. The molecule has 1 spiro atoms. The molecular weight excluding hydrogens is 269 g/mol. The SMILES string of the molecule is N#Cc1ccc(OCC2CCC3(CCCCC3)O2)cc1F. The lowest BCUT2D eigenvalue weighted by molar-refractivity contribution is -0.0748. The molecule has 3 nitrogen and oxygen atoms in total. The molecule has 2 aliphatic rings. The minimum Gasteiger partial charge on any atom is -0.491 e. The van der Waals surface area contributed by atoms with Gasteiger partial charge in [-0.3, -0.25) is 0 Å². The first-order chi connectivity index (χ1) is 10.2. The van der Waals surface area contributed by atoms with Gasteiger partial charge >= 0.3 is 0 Å². The Bertz CT molecular complexity index is 546. The lowest BCUT2D eigenvalue weighted by Gasteiger charge is -2.33. The molecule has 1 aromatic carbocycles. The van der Waals surface area contributed by atoms with Crippen molar-refractivity contribution >= 4 is 0 Å². The fourth-order valence-electron chi connectivity index (χ4n) is 3.44. The number of nitrogens with zero attached hydrogens (tertiary/aromatic N) is 1. The zero-order chi connectivity index (χ0) is 14.7. The van der Waals surface area contributed by atoms with Crippen LogP contribution >= 0.6 is 0 Å². The third-order valence-electron chi connectivity index (χ3n) is 4.60. The van der Waals surface area contributed by atoms with Crippen LogP contribution in [0, 0.1) is 17.1 Å². The molecule has 3 rings (SSSR count). The molecule has 0 bridgehead atoms. The summed E-state index contributed by atoms with van der Waals surface area (Å²) < 4.78 is 25.3. The predicted molar refractivity (Wildman–Crippen MR) is 76.5 cm³/mol. The Labute approximate surface area is 124 Å². The summed E-state index contributed by atoms with van der Waals surface area (Å²) in [6.45, 7) is 0.451. The van der Waals surface area contributed by atoms with E-state index in [9.17, 15) is 4.39 Å². The molecule has 2 fully saturated rings. The molecule has 1 aromatic rings. The maximum atomic E-state index is 13.5. The summed E-state index contributed by atoms with van der Waals surface area (Å²) in [4.78, 5) is 0. The van der Waals surface area contributed by atoms with Gasteiger partial charge in [0.2, 0.25) is 0 Å². The number of nitriles is 1. The molecule has 1 atom stereocenters. The van der Waals surface area contributed by atoms with Crippen LogP contribution in [-0.2, 0) is 4.74 Å². The van der Waals surface area contributed by atoms with Crippen molar-refractivity contribution in [1.29, 1.82) is 5.26 Å². The first-order valence-corrected chi connectivity index (χ1v) is 7.71. The molecule has 1 heterocycles. The van der Waals surface area contributed by atoms with E-state index in [-0.39, 0.29) is 17.3 Å². The minimum absolute atomic E-state index is 0.0422. The van der Waals surface area contributed by atoms with Gasteiger partial charge in [-0.25, -0.2) is 4.39 Å². The largest absolute Gasteiger partial charge is 0.491 e. The van der Waals surface area contributed by atoms with Crippen LogP contribution in [0.4, 0.5) is 4.39 Å². The molecule has 1 aliphatic heterocycles. The zero-order valence-electron chi connectivity index (χ0n) is 12.1. The summed E-state index contributed by atoms with van der Waals surface area (Å²) >= 11 is 0. The third kappa shape index (κ3) is 3.19. The van der Waals surface area contributed by atoms with Crippen LogP contribution in [0.15, 0.2) is 18.2 Å². The van der Waals surface area contributed by atoms with Crippen LogP contribution in [-0.4, -0.2) is 18.3 Å². The Morgan fingerprint density at radius 2 is 2.10 bits per heavy atom. The first-order valence-electron chi connectivity index (χ1n) is 7.71. The highest BCUT2D eigenvalue weighted by Crippen LogP contribution is 2.41. The predicted octanol–water partition coefficient (Wildman–Crippen LogP) is 3.96. The van der Waals surface area contributed by atoms with Gasteiger partial charge < -0.3 is 9.47 Å². The monoisotopic (exact) mass is 289 g/mol. The van der Waals surface area contributed by atoms with E-state index >= 15 is 0 Å². The summed E-state index contributed by atoms with van der Waals surface area (Å²) in [5.41, 5.74) is 0.128. The number of ether oxygens (including phenoxy) is 2. The summed E-state index contributed by atoms with van der Waals surface area (Å²) in [5.74, 6) is -0.0780. The van der Waals surface area contributed by atoms with Crippen molar-refractivity contribution in [1.82, 2.24) is 0 Å². The second kappa shape index (κ2) is 6.03. The van der Waals surface area contributed by atoms with Crippen molar-refractivity contribution in [2.45, 2.75) is 56.7 Å². The van der Waals surface area contributed by atoms with E-state index in [4.69, 9.17) is 14.7 Å². The van der Waals surface area contributed by atoms with Crippen molar-refractivity contribution in [3.8, 4) is 11.8 Å². The molecule has 21 heavy (non-hydrogen) atoms. The van der Waals surface area contributed by atoms with Crippen molar-refractivity contribution < 1.29 is 13.9 Å². The Balaban J connectivity index is 1.54. The van der Waals surface area contributed by atoms with Gasteiger partial charge in [-0.2, -0.15) is 5.26 Å². The second-order valence-electron chi connectivity index (χ2n) is 6.09. The number of rotatable bonds is 3. The highest BCUT2D eigenvalue weighted by molar-refractivity contribution is 5.36. The number of halogens is 1.